The van der Waals surface area contributed by atoms with Gasteiger partial charge in [0.15, 0.2) is 5.69 Å². The maximum atomic E-state index is 12.5. The summed E-state index contributed by atoms with van der Waals surface area (Å²) in [6.07, 6.45) is 2.72. The Labute approximate surface area is 161 Å². The Balaban J connectivity index is 1.44. The lowest BCUT2D eigenvalue weighted by atomic mass is 10.1. The summed E-state index contributed by atoms with van der Waals surface area (Å²) >= 11 is 6.03. The van der Waals surface area contributed by atoms with Gasteiger partial charge in [0.1, 0.15) is 0 Å². The molecule has 0 unspecified atom stereocenters. The number of aromatic nitrogens is 4. The van der Waals surface area contributed by atoms with Gasteiger partial charge in [-0.05, 0) is 43.2 Å². The van der Waals surface area contributed by atoms with Crippen molar-refractivity contribution in [1.29, 1.82) is 0 Å². The Morgan fingerprint density at radius 2 is 2.07 bits per heavy atom. The first-order valence-electron chi connectivity index (χ1n) is 8.65. The number of hydrogen-bond acceptors (Lipinski definition) is 3. The van der Waals surface area contributed by atoms with Gasteiger partial charge in [0.2, 0.25) is 0 Å². The van der Waals surface area contributed by atoms with E-state index >= 15 is 0 Å². The number of rotatable bonds is 5. The molecule has 6 nitrogen and oxygen atoms in total. The SMILES string of the molecule is Cc1c(C(=O)NCCc2c[nH]c3ccccc23)nnn1-c1cccc(Cl)c1. The van der Waals surface area contributed by atoms with Gasteiger partial charge in [-0.2, -0.15) is 0 Å². The van der Waals surface area contributed by atoms with E-state index in [9.17, 15) is 4.79 Å². The maximum absolute atomic E-state index is 12.5. The molecule has 4 rings (SSSR count). The average Bonchev–Trinajstić information content (AvgIpc) is 3.25. The van der Waals surface area contributed by atoms with E-state index in [1.54, 1.807) is 16.8 Å². The van der Waals surface area contributed by atoms with Crippen LogP contribution in [0.3, 0.4) is 0 Å². The van der Waals surface area contributed by atoms with Crippen molar-refractivity contribution in [2.24, 2.45) is 0 Å². The van der Waals surface area contributed by atoms with Gasteiger partial charge >= 0.3 is 0 Å². The van der Waals surface area contributed by atoms with Crippen molar-refractivity contribution in [3.8, 4) is 5.69 Å². The molecule has 0 saturated carbocycles. The molecule has 0 bridgehead atoms. The third-order valence-corrected chi connectivity index (χ3v) is 4.75. The number of H-pyrrole nitrogens is 1. The number of nitrogens with one attached hydrogen (secondary N) is 2. The fourth-order valence-corrected chi connectivity index (χ4v) is 3.31. The van der Waals surface area contributed by atoms with E-state index < -0.39 is 0 Å². The minimum atomic E-state index is -0.236. The van der Waals surface area contributed by atoms with Crippen molar-refractivity contribution in [3.63, 3.8) is 0 Å². The highest BCUT2D eigenvalue weighted by molar-refractivity contribution is 6.30. The molecular formula is C20H18ClN5O. The van der Waals surface area contributed by atoms with Crippen molar-refractivity contribution in [3.05, 3.63) is 76.7 Å². The molecule has 7 heteroatoms. The summed E-state index contributed by atoms with van der Waals surface area (Å²) in [5, 5.41) is 12.8. The summed E-state index contributed by atoms with van der Waals surface area (Å²) < 4.78 is 1.61. The number of aromatic amines is 1. The number of para-hydroxylation sites is 1. The van der Waals surface area contributed by atoms with Crippen molar-refractivity contribution in [1.82, 2.24) is 25.3 Å². The Bertz CT molecular complexity index is 1110. The maximum Gasteiger partial charge on any atom is 0.273 e. The minimum absolute atomic E-state index is 0.236. The van der Waals surface area contributed by atoms with E-state index in [1.807, 2.05) is 43.5 Å². The van der Waals surface area contributed by atoms with Crippen LogP contribution in [0.15, 0.2) is 54.7 Å². The zero-order chi connectivity index (χ0) is 18.8. The standard InChI is InChI=1S/C20H18ClN5O/c1-13-19(24-25-26(13)16-6-4-5-15(21)11-16)20(27)22-10-9-14-12-23-18-8-3-2-7-17(14)18/h2-8,11-12,23H,9-10H2,1H3,(H,22,27). The van der Waals surface area contributed by atoms with Crippen LogP contribution in [0, 0.1) is 6.92 Å². The molecule has 0 aliphatic rings. The largest absolute Gasteiger partial charge is 0.361 e. The fraction of sp³-hybridized carbons (Fsp3) is 0.150. The van der Waals surface area contributed by atoms with Crippen LogP contribution in [0.25, 0.3) is 16.6 Å². The number of hydrogen-bond donors (Lipinski definition) is 2. The molecule has 2 aromatic carbocycles. The lowest BCUT2D eigenvalue weighted by Crippen LogP contribution is -2.26. The van der Waals surface area contributed by atoms with E-state index in [0.717, 1.165) is 17.6 Å². The average molecular weight is 380 g/mol. The van der Waals surface area contributed by atoms with E-state index in [0.29, 0.717) is 23.0 Å². The Hall–Kier alpha value is -3.12. The van der Waals surface area contributed by atoms with Crippen molar-refractivity contribution in [2.75, 3.05) is 6.54 Å². The molecule has 0 saturated heterocycles. The number of amides is 1. The molecule has 0 spiro atoms. The minimum Gasteiger partial charge on any atom is -0.361 e. The normalized spacial score (nSPS) is 11.0. The molecule has 0 aliphatic heterocycles. The second kappa shape index (κ2) is 7.25. The first-order valence-corrected chi connectivity index (χ1v) is 9.03. The highest BCUT2D eigenvalue weighted by Gasteiger charge is 2.17. The molecule has 1 amide bonds. The van der Waals surface area contributed by atoms with Gasteiger partial charge in [0.05, 0.1) is 11.4 Å². The fourth-order valence-electron chi connectivity index (χ4n) is 3.12. The Kier molecular flexibility index (Phi) is 4.64. The molecule has 0 aliphatic carbocycles. The number of halogens is 1. The van der Waals surface area contributed by atoms with E-state index in [-0.39, 0.29) is 5.91 Å². The van der Waals surface area contributed by atoms with Gasteiger partial charge in [-0.15, -0.1) is 5.10 Å². The monoisotopic (exact) mass is 379 g/mol. The van der Waals surface area contributed by atoms with E-state index in [1.165, 1.54) is 10.9 Å². The molecule has 0 atom stereocenters. The van der Waals surface area contributed by atoms with Gasteiger partial charge in [-0.25, -0.2) is 4.68 Å². The van der Waals surface area contributed by atoms with Crippen LogP contribution in [0.2, 0.25) is 5.02 Å². The summed E-state index contributed by atoms with van der Waals surface area (Å²) in [5.74, 6) is -0.236. The molecular weight excluding hydrogens is 362 g/mol. The first kappa shape index (κ1) is 17.3. The van der Waals surface area contributed by atoms with Gasteiger partial charge < -0.3 is 10.3 Å². The van der Waals surface area contributed by atoms with Crippen LogP contribution in [-0.4, -0.2) is 32.4 Å². The number of carbonyl (C=O) groups is 1. The van der Waals surface area contributed by atoms with Crippen molar-refractivity contribution in [2.45, 2.75) is 13.3 Å². The molecule has 4 aromatic rings. The summed E-state index contributed by atoms with van der Waals surface area (Å²) in [5.41, 5.74) is 4.02. The summed E-state index contributed by atoms with van der Waals surface area (Å²) in [4.78, 5) is 15.8. The van der Waals surface area contributed by atoms with Crippen molar-refractivity contribution >= 4 is 28.4 Å². The van der Waals surface area contributed by atoms with Gasteiger partial charge in [-0.3, -0.25) is 4.79 Å². The van der Waals surface area contributed by atoms with Crippen LogP contribution in [-0.2, 0) is 6.42 Å². The zero-order valence-electron chi connectivity index (χ0n) is 14.7. The van der Waals surface area contributed by atoms with Crippen molar-refractivity contribution < 1.29 is 4.79 Å². The highest BCUT2D eigenvalue weighted by Crippen LogP contribution is 2.18. The number of fused-ring (bicyclic) bond motifs is 1. The first-order chi connectivity index (χ1) is 13.1. The smallest absolute Gasteiger partial charge is 0.273 e. The number of benzene rings is 2. The molecule has 2 heterocycles. The lowest BCUT2D eigenvalue weighted by molar-refractivity contribution is 0.0948. The third-order valence-electron chi connectivity index (χ3n) is 4.52. The predicted molar refractivity (Wildman–Crippen MR) is 105 cm³/mol. The Morgan fingerprint density at radius 3 is 2.93 bits per heavy atom. The quantitative estimate of drug-likeness (QED) is 0.555. The topological polar surface area (TPSA) is 75.6 Å². The zero-order valence-corrected chi connectivity index (χ0v) is 15.5. The molecule has 136 valence electrons. The Morgan fingerprint density at radius 1 is 1.22 bits per heavy atom. The van der Waals surface area contributed by atoms with E-state index in [4.69, 9.17) is 11.6 Å². The van der Waals surface area contributed by atoms with Crippen LogP contribution in [0.5, 0.6) is 0 Å². The second-order valence-corrected chi connectivity index (χ2v) is 6.72. The van der Waals surface area contributed by atoms with Crippen LogP contribution >= 0.6 is 11.6 Å². The third kappa shape index (κ3) is 3.44. The van der Waals surface area contributed by atoms with Crippen LogP contribution in [0.4, 0.5) is 0 Å². The molecule has 0 radical (unpaired) electrons. The molecule has 2 aromatic heterocycles. The molecule has 27 heavy (non-hydrogen) atoms. The van der Waals surface area contributed by atoms with E-state index in [2.05, 4.69) is 26.7 Å². The predicted octanol–water partition coefficient (Wildman–Crippen LogP) is 3.68. The van der Waals surface area contributed by atoms with Crippen LogP contribution in [0.1, 0.15) is 21.7 Å². The van der Waals surface area contributed by atoms with Gasteiger partial charge in [0.25, 0.3) is 5.91 Å². The highest BCUT2D eigenvalue weighted by atomic mass is 35.5. The lowest BCUT2D eigenvalue weighted by Gasteiger charge is -2.05. The summed E-state index contributed by atoms with van der Waals surface area (Å²) in [6.45, 7) is 2.33. The summed E-state index contributed by atoms with van der Waals surface area (Å²) in [7, 11) is 0. The van der Waals surface area contributed by atoms with Crippen LogP contribution < -0.4 is 5.32 Å². The van der Waals surface area contributed by atoms with Gasteiger partial charge in [0, 0.05) is 28.7 Å². The molecule has 0 fully saturated rings. The van der Waals surface area contributed by atoms with Gasteiger partial charge in [-0.1, -0.05) is 41.1 Å². The molecule has 2 N–H and O–H groups in total. The second-order valence-electron chi connectivity index (χ2n) is 6.28. The number of nitrogens with zero attached hydrogens (tertiary/aromatic N) is 3. The summed E-state index contributed by atoms with van der Waals surface area (Å²) in [6, 6.07) is 15.4. The number of carbonyl (C=O) groups excluding carboxylic acids is 1.